The highest BCUT2D eigenvalue weighted by Gasteiger charge is 2.09. The summed E-state index contributed by atoms with van der Waals surface area (Å²) in [6.45, 7) is 3.84. The highest BCUT2D eigenvalue weighted by Crippen LogP contribution is 2.27. The molecule has 0 bridgehead atoms. The summed E-state index contributed by atoms with van der Waals surface area (Å²) in [5.41, 5.74) is 0.991. The highest BCUT2D eigenvalue weighted by atomic mass is 32.2. The van der Waals surface area contributed by atoms with Crippen LogP contribution in [0, 0.1) is 0 Å². The largest absolute Gasteiger partial charge is 0.468 e. The van der Waals surface area contributed by atoms with Gasteiger partial charge in [-0.1, -0.05) is 25.1 Å². The van der Waals surface area contributed by atoms with Crippen molar-refractivity contribution in [3.8, 4) is 0 Å². The van der Waals surface area contributed by atoms with Gasteiger partial charge in [-0.2, -0.15) is 0 Å². The van der Waals surface area contributed by atoms with E-state index in [1.54, 1.807) is 24.4 Å². The molecular weight excluding hydrogens is 282 g/mol. The number of hydrogen-bond acceptors (Lipinski definition) is 5. The Morgan fingerprint density at radius 1 is 1.19 bits per heavy atom. The average molecular weight is 299 g/mol. The predicted molar refractivity (Wildman–Crippen MR) is 85.3 cm³/mol. The van der Waals surface area contributed by atoms with Crippen molar-refractivity contribution in [1.82, 2.24) is 15.3 Å². The first-order valence-corrected chi connectivity index (χ1v) is 7.80. The molecule has 1 atom stereocenters. The lowest BCUT2D eigenvalue weighted by molar-refractivity contribution is 0.484. The van der Waals surface area contributed by atoms with Gasteiger partial charge in [-0.05, 0) is 18.2 Å². The molecule has 1 aromatic carbocycles. The van der Waals surface area contributed by atoms with Crippen LogP contribution in [0.2, 0.25) is 0 Å². The molecule has 0 spiro atoms. The fourth-order valence-electron chi connectivity index (χ4n) is 2.12. The van der Waals surface area contributed by atoms with Crippen molar-refractivity contribution in [2.24, 2.45) is 0 Å². The van der Waals surface area contributed by atoms with Crippen LogP contribution in [0.25, 0.3) is 10.9 Å². The zero-order valence-electron chi connectivity index (χ0n) is 11.8. The number of furan rings is 1. The number of rotatable bonds is 6. The molecule has 0 amide bonds. The van der Waals surface area contributed by atoms with Crippen molar-refractivity contribution in [2.45, 2.75) is 23.7 Å². The molecule has 5 heteroatoms. The van der Waals surface area contributed by atoms with Gasteiger partial charge < -0.3 is 9.73 Å². The van der Waals surface area contributed by atoms with Crippen LogP contribution in [-0.4, -0.2) is 21.8 Å². The second kappa shape index (κ2) is 6.74. The summed E-state index contributed by atoms with van der Waals surface area (Å²) in [6.07, 6.45) is 3.33. The Morgan fingerprint density at radius 2 is 2.10 bits per heavy atom. The van der Waals surface area contributed by atoms with Crippen molar-refractivity contribution in [3.05, 3.63) is 54.7 Å². The number of nitrogens with zero attached hydrogens (tertiary/aromatic N) is 2. The fourth-order valence-corrected chi connectivity index (χ4v) is 3.11. The van der Waals surface area contributed by atoms with Gasteiger partial charge in [0, 0.05) is 17.2 Å². The summed E-state index contributed by atoms with van der Waals surface area (Å²) in [4.78, 5) is 8.70. The number of para-hydroxylation sites is 1. The van der Waals surface area contributed by atoms with E-state index in [-0.39, 0.29) is 0 Å². The number of aromatic nitrogens is 2. The Kier molecular flexibility index (Phi) is 4.52. The molecule has 1 unspecified atom stereocenters. The molecule has 0 saturated heterocycles. The van der Waals surface area contributed by atoms with Crippen LogP contribution in [0.4, 0.5) is 0 Å². The van der Waals surface area contributed by atoms with E-state index in [4.69, 9.17) is 4.42 Å². The lowest BCUT2D eigenvalue weighted by Crippen LogP contribution is -2.22. The van der Waals surface area contributed by atoms with Gasteiger partial charge in [-0.25, -0.2) is 9.97 Å². The topological polar surface area (TPSA) is 51.0 Å². The maximum absolute atomic E-state index is 5.30. The van der Waals surface area contributed by atoms with Gasteiger partial charge in [-0.3, -0.25) is 0 Å². The molecule has 2 heterocycles. The molecule has 21 heavy (non-hydrogen) atoms. The summed E-state index contributed by atoms with van der Waals surface area (Å²) in [6, 6.07) is 12.0. The minimum Gasteiger partial charge on any atom is -0.468 e. The number of nitrogens with one attached hydrogen (secondary N) is 1. The van der Waals surface area contributed by atoms with Gasteiger partial charge in [0.15, 0.2) is 0 Å². The molecule has 108 valence electrons. The molecule has 1 N–H and O–H groups in total. The van der Waals surface area contributed by atoms with Crippen LogP contribution in [0.15, 0.2) is 58.4 Å². The van der Waals surface area contributed by atoms with Crippen molar-refractivity contribution in [3.63, 3.8) is 0 Å². The molecule has 3 aromatic rings. The molecule has 0 aliphatic rings. The van der Waals surface area contributed by atoms with Crippen LogP contribution < -0.4 is 5.32 Å². The van der Waals surface area contributed by atoms with Crippen LogP contribution in [0.1, 0.15) is 12.7 Å². The monoisotopic (exact) mass is 299 g/mol. The molecule has 0 radical (unpaired) electrons. The summed E-state index contributed by atoms with van der Waals surface area (Å²) in [7, 11) is 0. The highest BCUT2D eigenvalue weighted by molar-refractivity contribution is 8.00. The van der Waals surface area contributed by atoms with Crippen molar-refractivity contribution in [1.29, 1.82) is 0 Å². The van der Waals surface area contributed by atoms with Gasteiger partial charge in [0.1, 0.15) is 17.1 Å². The third kappa shape index (κ3) is 3.62. The Bertz CT molecular complexity index is 694. The smallest absolute Gasteiger partial charge is 0.117 e. The minimum absolute atomic E-state index is 0.415. The van der Waals surface area contributed by atoms with Crippen LogP contribution >= 0.6 is 11.8 Å². The summed E-state index contributed by atoms with van der Waals surface area (Å²) < 4.78 is 5.30. The number of hydrogen-bond donors (Lipinski definition) is 1. The maximum Gasteiger partial charge on any atom is 0.117 e. The van der Waals surface area contributed by atoms with Gasteiger partial charge in [0.25, 0.3) is 0 Å². The number of fused-ring (bicyclic) bond motifs is 1. The second-order valence-electron chi connectivity index (χ2n) is 4.83. The third-order valence-corrected chi connectivity index (χ3v) is 4.25. The fraction of sp³-hybridized carbons (Fsp3) is 0.250. The Morgan fingerprint density at radius 3 is 2.95 bits per heavy atom. The first-order valence-electron chi connectivity index (χ1n) is 6.92. The molecule has 2 aromatic heterocycles. The van der Waals surface area contributed by atoms with Crippen LogP contribution in [0.5, 0.6) is 0 Å². The maximum atomic E-state index is 5.30. The molecule has 0 aliphatic heterocycles. The first kappa shape index (κ1) is 14.1. The third-order valence-electron chi connectivity index (χ3n) is 3.13. The van der Waals surface area contributed by atoms with E-state index >= 15 is 0 Å². The molecular formula is C16H17N3OS. The molecule has 0 saturated carbocycles. The van der Waals surface area contributed by atoms with Crippen molar-refractivity contribution >= 4 is 22.7 Å². The van der Waals surface area contributed by atoms with Crippen LogP contribution in [0.3, 0.4) is 0 Å². The summed E-state index contributed by atoms with van der Waals surface area (Å²) in [5.74, 6) is 0.958. The van der Waals surface area contributed by atoms with E-state index in [0.717, 1.165) is 34.8 Å². The zero-order valence-corrected chi connectivity index (χ0v) is 12.6. The molecule has 3 rings (SSSR count). The van der Waals surface area contributed by atoms with E-state index in [1.807, 2.05) is 30.3 Å². The predicted octanol–water partition coefficient (Wildman–Crippen LogP) is 3.49. The Hall–Kier alpha value is -1.85. The lowest BCUT2D eigenvalue weighted by atomic mass is 10.2. The quantitative estimate of drug-likeness (QED) is 0.558. The second-order valence-corrected chi connectivity index (χ2v) is 6.26. The molecule has 0 fully saturated rings. The number of thioether (sulfide) groups is 1. The lowest BCUT2D eigenvalue weighted by Gasteiger charge is -2.12. The summed E-state index contributed by atoms with van der Waals surface area (Å²) >= 11 is 1.77. The van der Waals surface area contributed by atoms with Gasteiger partial charge in [-0.15, -0.1) is 11.8 Å². The van der Waals surface area contributed by atoms with E-state index < -0.39 is 0 Å². The van der Waals surface area contributed by atoms with Gasteiger partial charge in [0.2, 0.25) is 0 Å². The van der Waals surface area contributed by atoms with Crippen LogP contribution in [-0.2, 0) is 6.54 Å². The Labute approximate surface area is 128 Å². The minimum atomic E-state index is 0.415. The zero-order chi connectivity index (χ0) is 14.5. The summed E-state index contributed by atoms with van der Waals surface area (Å²) in [5, 5.41) is 5.96. The average Bonchev–Trinajstić information content (AvgIpc) is 3.01. The molecule has 4 nitrogen and oxygen atoms in total. The normalized spacial score (nSPS) is 12.6. The van der Waals surface area contributed by atoms with E-state index in [9.17, 15) is 0 Å². The van der Waals surface area contributed by atoms with E-state index in [2.05, 4.69) is 28.3 Å². The van der Waals surface area contributed by atoms with E-state index in [0.29, 0.717) is 5.25 Å². The SMILES string of the molecule is CC(CNCc1ccco1)Sc1ncnc2ccccc12. The van der Waals surface area contributed by atoms with Crippen molar-refractivity contribution in [2.75, 3.05) is 6.54 Å². The Balaban J connectivity index is 1.59. The first-order chi connectivity index (χ1) is 10.3. The number of benzene rings is 1. The van der Waals surface area contributed by atoms with Crippen molar-refractivity contribution < 1.29 is 4.42 Å². The molecule has 0 aliphatic carbocycles. The van der Waals surface area contributed by atoms with Gasteiger partial charge in [0.05, 0.1) is 18.3 Å². The standard InChI is InChI=1S/C16H17N3OS/c1-12(9-17-10-13-5-4-8-20-13)21-16-14-6-2-3-7-15(14)18-11-19-16/h2-8,11-12,17H,9-10H2,1H3. The van der Waals surface area contributed by atoms with E-state index in [1.165, 1.54) is 0 Å². The van der Waals surface area contributed by atoms with Gasteiger partial charge >= 0.3 is 0 Å².